The van der Waals surface area contributed by atoms with Crippen LogP contribution in [0.3, 0.4) is 0 Å². The van der Waals surface area contributed by atoms with Crippen molar-refractivity contribution in [2.45, 2.75) is 41.5 Å². The molecule has 0 radical (unpaired) electrons. The van der Waals surface area contributed by atoms with E-state index in [1.807, 2.05) is 0 Å². The molecule has 0 aromatic heterocycles. The third-order valence-corrected chi connectivity index (χ3v) is 1.28. The van der Waals surface area contributed by atoms with Crippen LogP contribution in [-0.4, -0.2) is 27.6 Å². The lowest BCUT2D eigenvalue weighted by Crippen LogP contribution is -2.18. The summed E-state index contributed by atoms with van der Waals surface area (Å²) in [5.74, 6) is -1.51. The maximum atomic E-state index is 10.0. The molecule has 0 atom stereocenters. The predicted molar refractivity (Wildman–Crippen MR) is 57.8 cm³/mol. The van der Waals surface area contributed by atoms with Gasteiger partial charge in [-0.25, -0.2) is 0 Å². The van der Waals surface area contributed by atoms with Gasteiger partial charge in [0.05, 0.1) is 10.8 Å². The monoisotopic (exact) mass is 222 g/mol. The summed E-state index contributed by atoms with van der Waals surface area (Å²) in [4.78, 5) is 20.0. The number of hydrogen-bond donors (Lipinski definition) is 2. The van der Waals surface area contributed by atoms with Gasteiger partial charge in [0.15, 0.2) is 0 Å². The molecule has 0 saturated heterocycles. The van der Waals surface area contributed by atoms with Crippen molar-refractivity contribution in [3.05, 3.63) is 0 Å². The van der Waals surface area contributed by atoms with E-state index in [0.717, 1.165) is 0 Å². The van der Waals surface area contributed by atoms with Crippen molar-refractivity contribution in [2.75, 3.05) is 0 Å². The van der Waals surface area contributed by atoms with Gasteiger partial charge < -0.3 is 15.7 Å². The number of rotatable bonds is 0. The van der Waals surface area contributed by atoms with E-state index in [9.17, 15) is 9.59 Å². The van der Waals surface area contributed by atoms with Crippen molar-refractivity contribution < 1.29 is 25.3 Å². The van der Waals surface area contributed by atoms with Crippen LogP contribution in [-0.2, 0) is 9.59 Å². The van der Waals surface area contributed by atoms with Gasteiger partial charge in [-0.1, -0.05) is 0 Å². The van der Waals surface area contributed by atoms with Crippen LogP contribution in [0.25, 0.3) is 0 Å². The molecule has 0 spiro atoms. The van der Waals surface area contributed by atoms with E-state index in [0.29, 0.717) is 0 Å². The molecular weight excluding hydrogens is 200 g/mol. The summed E-state index contributed by atoms with van der Waals surface area (Å²) in [6.07, 6.45) is 0. The maximum absolute atomic E-state index is 10.0. The molecule has 0 amide bonds. The van der Waals surface area contributed by atoms with E-state index in [-0.39, 0.29) is 5.48 Å². The zero-order valence-electron chi connectivity index (χ0n) is 10.2. The first-order valence-corrected chi connectivity index (χ1v) is 4.36. The van der Waals surface area contributed by atoms with Crippen molar-refractivity contribution in [3.63, 3.8) is 0 Å². The fourth-order valence-corrected chi connectivity index (χ4v) is 0. The van der Waals surface area contributed by atoms with Gasteiger partial charge in [-0.2, -0.15) is 0 Å². The molecule has 0 aliphatic carbocycles. The van der Waals surface area contributed by atoms with Crippen molar-refractivity contribution in [3.8, 4) is 0 Å². The zero-order valence-corrected chi connectivity index (χ0v) is 10.2. The molecule has 5 nitrogen and oxygen atoms in total. The number of carbonyl (C=O) groups is 2. The molecule has 0 aliphatic heterocycles. The first kappa shape index (κ1) is 19.5. The maximum Gasteiger partial charge on any atom is 0.308 e. The molecule has 0 rings (SSSR count). The highest BCUT2D eigenvalue weighted by atomic mass is 16.4. The highest BCUT2D eigenvalue weighted by molar-refractivity contribution is 5.73. The lowest BCUT2D eigenvalue weighted by Gasteiger charge is -2.08. The van der Waals surface area contributed by atoms with E-state index >= 15 is 0 Å². The van der Waals surface area contributed by atoms with Crippen LogP contribution in [0.4, 0.5) is 0 Å². The topological polar surface area (TPSA) is 106 Å². The highest BCUT2D eigenvalue weighted by Gasteiger charge is 2.19. The summed E-state index contributed by atoms with van der Waals surface area (Å²) >= 11 is 0. The van der Waals surface area contributed by atoms with E-state index in [2.05, 4.69) is 0 Å². The Kier molecular flexibility index (Phi) is 8.30. The molecule has 0 aromatic carbocycles. The zero-order chi connectivity index (χ0) is 12.2. The fraction of sp³-hybridized carbons (Fsp3) is 0.800. The van der Waals surface area contributed by atoms with Gasteiger partial charge in [0.1, 0.15) is 0 Å². The molecule has 0 aromatic rings. The third kappa shape index (κ3) is 12.9. The quantitative estimate of drug-likeness (QED) is 0.646. The van der Waals surface area contributed by atoms with Gasteiger partial charge in [0, 0.05) is 0 Å². The Morgan fingerprint density at radius 2 is 0.800 bits per heavy atom. The van der Waals surface area contributed by atoms with Crippen LogP contribution in [0.15, 0.2) is 0 Å². The normalized spacial score (nSPS) is 10.5. The molecule has 5 heteroatoms. The lowest BCUT2D eigenvalue weighted by atomic mass is 9.98. The number of aliphatic carboxylic acids is 2. The first-order valence-electron chi connectivity index (χ1n) is 4.36. The Morgan fingerprint density at radius 3 is 0.800 bits per heavy atom. The standard InChI is InChI=1S/2C5H10O2.H2O/c2*1-5(2,3)4(6)7;/h2*1-3H3,(H,6,7);1H2. The van der Waals surface area contributed by atoms with Crippen LogP contribution in [0, 0.1) is 10.8 Å². The van der Waals surface area contributed by atoms with Crippen molar-refractivity contribution in [2.24, 2.45) is 10.8 Å². The number of hydrogen-bond acceptors (Lipinski definition) is 2. The van der Waals surface area contributed by atoms with Crippen LogP contribution >= 0.6 is 0 Å². The SMILES string of the molecule is CC(C)(C)C(=O)O.CC(C)(C)C(=O)O.O. The Balaban J connectivity index is -0.000000180. The van der Waals surface area contributed by atoms with Gasteiger partial charge in [-0.3, -0.25) is 9.59 Å². The Hall–Kier alpha value is -1.10. The molecular formula is C10H22O5. The van der Waals surface area contributed by atoms with Gasteiger partial charge in [-0.15, -0.1) is 0 Å². The molecule has 4 N–H and O–H groups in total. The van der Waals surface area contributed by atoms with E-state index < -0.39 is 22.8 Å². The van der Waals surface area contributed by atoms with Gasteiger partial charge >= 0.3 is 11.9 Å². The summed E-state index contributed by atoms with van der Waals surface area (Å²) in [6.45, 7) is 9.97. The summed E-state index contributed by atoms with van der Waals surface area (Å²) in [5.41, 5.74) is -1.17. The second-order valence-electron chi connectivity index (χ2n) is 5.11. The van der Waals surface area contributed by atoms with Crippen molar-refractivity contribution in [1.29, 1.82) is 0 Å². The van der Waals surface area contributed by atoms with Gasteiger partial charge in [0.2, 0.25) is 0 Å². The van der Waals surface area contributed by atoms with E-state index in [1.165, 1.54) is 0 Å². The summed E-state index contributed by atoms with van der Waals surface area (Å²) < 4.78 is 0. The predicted octanol–water partition coefficient (Wildman–Crippen LogP) is 1.41. The fourth-order valence-electron chi connectivity index (χ4n) is 0. The second kappa shape index (κ2) is 6.40. The Labute approximate surface area is 90.4 Å². The van der Waals surface area contributed by atoms with Gasteiger partial charge in [0.25, 0.3) is 0 Å². The van der Waals surface area contributed by atoms with E-state index in [1.54, 1.807) is 41.5 Å². The third-order valence-electron chi connectivity index (χ3n) is 1.28. The first-order chi connectivity index (χ1) is 5.89. The second-order valence-corrected chi connectivity index (χ2v) is 5.11. The summed E-state index contributed by atoms with van der Waals surface area (Å²) in [7, 11) is 0. The number of carboxylic acid groups (broad SMARTS) is 2. The molecule has 0 saturated carbocycles. The summed E-state index contributed by atoms with van der Waals surface area (Å²) in [5, 5.41) is 16.5. The minimum Gasteiger partial charge on any atom is -0.481 e. The molecule has 0 bridgehead atoms. The minimum absolute atomic E-state index is 0. The van der Waals surface area contributed by atoms with Crippen LogP contribution in [0.5, 0.6) is 0 Å². The van der Waals surface area contributed by atoms with Crippen LogP contribution in [0.1, 0.15) is 41.5 Å². The Bertz CT molecular complexity index is 183. The van der Waals surface area contributed by atoms with Crippen LogP contribution < -0.4 is 0 Å². The average molecular weight is 222 g/mol. The molecule has 0 aliphatic rings. The van der Waals surface area contributed by atoms with E-state index in [4.69, 9.17) is 10.2 Å². The molecule has 0 heterocycles. The molecule has 0 fully saturated rings. The average Bonchev–Trinajstić information content (AvgIpc) is 1.83. The van der Waals surface area contributed by atoms with Crippen molar-refractivity contribution in [1.82, 2.24) is 0 Å². The largest absolute Gasteiger partial charge is 0.481 e. The molecule has 0 unspecified atom stereocenters. The summed E-state index contributed by atoms with van der Waals surface area (Å²) in [6, 6.07) is 0. The molecule has 92 valence electrons. The minimum atomic E-state index is -0.757. The lowest BCUT2D eigenvalue weighted by molar-refractivity contribution is -0.146. The van der Waals surface area contributed by atoms with Gasteiger partial charge in [-0.05, 0) is 41.5 Å². The van der Waals surface area contributed by atoms with Crippen LogP contribution in [0.2, 0.25) is 0 Å². The number of carboxylic acids is 2. The smallest absolute Gasteiger partial charge is 0.308 e. The highest BCUT2D eigenvalue weighted by Crippen LogP contribution is 2.11. The van der Waals surface area contributed by atoms with Crippen molar-refractivity contribution >= 4 is 11.9 Å². The Morgan fingerprint density at radius 1 is 0.733 bits per heavy atom. The molecule has 15 heavy (non-hydrogen) atoms.